The first-order valence-electron chi connectivity index (χ1n) is 9.21. The third-order valence-electron chi connectivity index (χ3n) is 4.77. The van der Waals surface area contributed by atoms with Crippen LogP contribution in [0.4, 0.5) is 15.9 Å². The molecule has 3 aromatic rings. The molecule has 29 heavy (non-hydrogen) atoms. The van der Waals surface area contributed by atoms with Gasteiger partial charge < -0.3 is 19.5 Å². The van der Waals surface area contributed by atoms with E-state index in [0.29, 0.717) is 37.8 Å². The van der Waals surface area contributed by atoms with Crippen LogP contribution >= 0.6 is 0 Å². The Hall–Kier alpha value is -3.68. The first-order chi connectivity index (χ1) is 14.1. The van der Waals surface area contributed by atoms with Crippen LogP contribution in [0.3, 0.4) is 0 Å². The van der Waals surface area contributed by atoms with Crippen LogP contribution < -0.4 is 10.2 Å². The van der Waals surface area contributed by atoms with Crippen molar-refractivity contribution in [2.75, 3.05) is 36.4 Å². The highest BCUT2D eigenvalue weighted by Crippen LogP contribution is 2.19. The minimum atomic E-state index is -0.580. The lowest BCUT2D eigenvalue weighted by Gasteiger charge is -2.35. The zero-order valence-corrected chi connectivity index (χ0v) is 15.5. The molecule has 8 heteroatoms. The molecular formula is C21H19FN4O3. The number of hydrogen-bond acceptors (Lipinski definition) is 5. The maximum atomic E-state index is 13.7. The molecule has 7 nitrogen and oxygen atoms in total. The molecule has 0 spiro atoms. The minimum Gasteiger partial charge on any atom is -0.459 e. The van der Waals surface area contributed by atoms with Gasteiger partial charge in [-0.1, -0.05) is 12.1 Å². The van der Waals surface area contributed by atoms with Gasteiger partial charge in [0.05, 0.1) is 23.7 Å². The number of pyridine rings is 1. The fourth-order valence-electron chi connectivity index (χ4n) is 3.20. The number of carbonyl (C=O) groups is 2. The zero-order valence-electron chi connectivity index (χ0n) is 15.5. The predicted molar refractivity (Wildman–Crippen MR) is 105 cm³/mol. The number of furan rings is 1. The molecule has 3 heterocycles. The Bertz CT molecular complexity index is 997. The van der Waals surface area contributed by atoms with Gasteiger partial charge in [-0.3, -0.25) is 9.59 Å². The number of benzene rings is 1. The summed E-state index contributed by atoms with van der Waals surface area (Å²) in [7, 11) is 0. The molecule has 0 atom stereocenters. The number of rotatable bonds is 4. The lowest BCUT2D eigenvalue weighted by molar-refractivity contribution is 0.0714. The maximum Gasteiger partial charge on any atom is 0.289 e. The second kappa shape index (κ2) is 8.14. The van der Waals surface area contributed by atoms with Gasteiger partial charge in [-0.25, -0.2) is 9.37 Å². The number of anilines is 2. The van der Waals surface area contributed by atoms with Gasteiger partial charge in [0.2, 0.25) is 0 Å². The van der Waals surface area contributed by atoms with Gasteiger partial charge in [0.15, 0.2) is 5.76 Å². The summed E-state index contributed by atoms with van der Waals surface area (Å²) in [5.74, 6) is -0.556. The Labute approximate surface area is 166 Å². The topological polar surface area (TPSA) is 78.7 Å². The summed E-state index contributed by atoms with van der Waals surface area (Å²) in [6.45, 7) is 2.47. The molecule has 148 valence electrons. The second-order valence-electron chi connectivity index (χ2n) is 6.59. The molecular weight excluding hydrogens is 375 g/mol. The third-order valence-corrected chi connectivity index (χ3v) is 4.77. The summed E-state index contributed by atoms with van der Waals surface area (Å²) in [4.78, 5) is 32.6. The summed E-state index contributed by atoms with van der Waals surface area (Å²) >= 11 is 0. The quantitative estimate of drug-likeness (QED) is 0.736. The molecule has 0 radical (unpaired) electrons. The van der Waals surface area contributed by atoms with Crippen molar-refractivity contribution in [2.24, 2.45) is 0 Å². The van der Waals surface area contributed by atoms with Crippen molar-refractivity contribution in [2.45, 2.75) is 0 Å². The first kappa shape index (κ1) is 18.7. The monoisotopic (exact) mass is 394 g/mol. The average molecular weight is 394 g/mol. The van der Waals surface area contributed by atoms with Gasteiger partial charge in [-0.05, 0) is 36.4 Å². The molecule has 0 unspecified atom stereocenters. The molecule has 1 N–H and O–H groups in total. The van der Waals surface area contributed by atoms with E-state index in [0.717, 1.165) is 5.69 Å². The predicted octanol–water partition coefficient (Wildman–Crippen LogP) is 3.03. The van der Waals surface area contributed by atoms with E-state index in [1.165, 1.54) is 24.5 Å². The van der Waals surface area contributed by atoms with Gasteiger partial charge >= 0.3 is 0 Å². The number of halogens is 1. The number of nitrogens with one attached hydrogen (secondary N) is 1. The highest BCUT2D eigenvalue weighted by molar-refractivity contribution is 6.03. The van der Waals surface area contributed by atoms with E-state index < -0.39 is 11.7 Å². The molecule has 0 saturated carbocycles. The summed E-state index contributed by atoms with van der Waals surface area (Å²) in [5, 5.41) is 2.59. The Morgan fingerprint density at radius 2 is 1.79 bits per heavy atom. The van der Waals surface area contributed by atoms with Crippen molar-refractivity contribution in [3.63, 3.8) is 0 Å². The standard InChI is InChI=1S/C21H19FN4O3/c22-17-5-2-1-4-16(17)20(27)24-19-8-7-15(14-23-19)25-9-11-26(12-10-25)21(28)18-6-3-13-29-18/h1-8,13-14H,9-12H2,(H,23,24,27). The van der Waals surface area contributed by atoms with Crippen molar-refractivity contribution in [1.29, 1.82) is 0 Å². The van der Waals surface area contributed by atoms with E-state index in [-0.39, 0.29) is 11.5 Å². The van der Waals surface area contributed by atoms with Crippen molar-refractivity contribution in [3.05, 3.63) is 78.1 Å². The van der Waals surface area contributed by atoms with Crippen molar-refractivity contribution in [1.82, 2.24) is 9.88 Å². The molecule has 1 saturated heterocycles. The number of aromatic nitrogens is 1. The number of piperazine rings is 1. The summed E-state index contributed by atoms with van der Waals surface area (Å²) in [6.07, 6.45) is 3.14. The summed E-state index contributed by atoms with van der Waals surface area (Å²) in [6, 6.07) is 12.7. The van der Waals surface area contributed by atoms with E-state index in [2.05, 4.69) is 15.2 Å². The third kappa shape index (κ3) is 4.11. The highest BCUT2D eigenvalue weighted by atomic mass is 19.1. The fourth-order valence-corrected chi connectivity index (χ4v) is 3.20. The fraction of sp³-hybridized carbons (Fsp3) is 0.190. The molecule has 1 aliphatic heterocycles. The van der Waals surface area contributed by atoms with Gasteiger partial charge in [0, 0.05) is 26.2 Å². The van der Waals surface area contributed by atoms with E-state index in [4.69, 9.17) is 4.42 Å². The first-order valence-corrected chi connectivity index (χ1v) is 9.21. The zero-order chi connectivity index (χ0) is 20.2. The summed E-state index contributed by atoms with van der Waals surface area (Å²) < 4.78 is 18.9. The Morgan fingerprint density at radius 3 is 2.45 bits per heavy atom. The molecule has 4 rings (SSSR count). The van der Waals surface area contributed by atoms with Crippen LogP contribution in [-0.2, 0) is 0 Å². The lowest BCUT2D eigenvalue weighted by atomic mass is 10.2. The van der Waals surface area contributed by atoms with Crippen LogP contribution in [0.25, 0.3) is 0 Å². The van der Waals surface area contributed by atoms with Gasteiger partial charge in [-0.2, -0.15) is 0 Å². The van der Waals surface area contributed by atoms with Crippen molar-refractivity contribution >= 4 is 23.3 Å². The second-order valence-corrected chi connectivity index (χ2v) is 6.59. The molecule has 2 aromatic heterocycles. The number of hydrogen-bond donors (Lipinski definition) is 1. The normalized spacial score (nSPS) is 14.0. The van der Waals surface area contributed by atoms with Gasteiger partial charge in [-0.15, -0.1) is 0 Å². The number of amides is 2. The van der Waals surface area contributed by atoms with E-state index in [1.54, 1.807) is 35.4 Å². The van der Waals surface area contributed by atoms with Gasteiger partial charge in [0.25, 0.3) is 11.8 Å². The maximum absolute atomic E-state index is 13.7. The Morgan fingerprint density at radius 1 is 1.00 bits per heavy atom. The Kier molecular flexibility index (Phi) is 5.24. The molecule has 0 aliphatic carbocycles. The molecule has 1 aliphatic rings. The Balaban J connectivity index is 1.35. The largest absolute Gasteiger partial charge is 0.459 e. The SMILES string of the molecule is O=C(Nc1ccc(N2CCN(C(=O)c3ccco3)CC2)cn1)c1ccccc1F. The van der Waals surface area contributed by atoms with Crippen molar-refractivity contribution in [3.8, 4) is 0 Å². The van der Waals surface area contributed by atoms with Crippen LogP contribution in [-0.4, -0.2) is 47.9 Å². The van der Waals surface area contributed by atoms with Crippen LogP contribution in [0.1, 0.15) is 20.9 Å². The lowest BCUT2D eigenvalue weighted by Crippen LogP contribution is -2.48. The van der Waals surface area contributed by atoms with Gasteiger partial charge in [0.1, 0.15) is 11.6 Å². The minimum absolute atomic E-state index is 0.0317. The van der Waals surface area contributed by atoms with Crippen LogP contribution in [0.2, 0.25) is 0 Å². The smallest absolute Gasteiger partial charge is 0.289 e. The molecule has 1 aromatic carbocycles. The number of carbonyl (C=O) groups excluding carboxylic acids is 2. The van der Waals surface area contributed by atoms with E-state index in [9.17, 15) is 14.0 Å². The van der Waals surface area contributed by atoms with Crippen LogP contribution in [0.5, 0.6) is 0 Å². The number of nitrogens with zero attached hydrogens (tertiary/aromatic N) is 3. The van der Waals surface area contributed by atoms with Crippen LogP contribution in [0.15, 0.2) is 65.4 Å². The average Bonchev–Trinajstić information content (AvgIpc) is 3.29. The van der Waals surface area contributed by atoms with Crippen LogP contribution in [0, 0.1) is 5.82 Å². The molecule has 0 bridgehead atoms. The molecule has 2 amide bonds. The van der Waals surface area contributed by atoms with E-state index >= 15 is 0 Å². The summed E-state index contributed by atoms with van der Waals surface area (Å²) in [5.41, 5.74) is 0.856. The highest BCUT2D eigenvalue weighted by Gasteiger charge is 2.24. The molecule has 1 fully saturated rings. The van der Waals surface area contributed by atoms with E-state index in [1.807, 2.05) is 6.07 Å². The van der Waals surface area contributed by atoms with Crippen molar-refractivity contribution < 1.29 is 18.4 Å².